The maximum atomic E-state index is 15.2. The van der Waals surface area contributed by atoms with Crippen LogP contribution in [0.15, 0.2) is 65.5 Å². The molecule has 1 aromatic carbocycles. The third kappa shape index (κ3) is 2.61. The lowest BCUT2D eigenvalue weighted by atomic mass is 9.88. The highest BCUT2D eigenvalue weighted by atomic mass is 19.1. The number of aromatic nitrogens is 2. The SMILES string of the molecule is N#CC(C#N)=C1C(=C2c3cccnc3-c3ncccc32)C(=C(C#N)C#N)c2c(F)ccc(F)c21. The van der Waals surface area contributed by atoms with Crippen molar-refractivity contribution in [3.05, 3.63) is 99.4 Å². The van der Waals surface area contributed by atoms with Gasteiger partial charge in [-0.15, -0.1) is 0 Å². The van der Waals surface area contributed by atoms with Gasteiger partial charge in [0.1, 0.15) is 47.1 Å². The number of fused-ring (bicyclic) bond motifs is 4. The van der Waals surface area contributed by atoms with Crippen LogP contribution in [0.2, 0.25) is 0 Å². The Hall–Kier alpha value is -5.44. The Labute approximate surface area is 191 Å². The third-order valence-electron chi connectivity index (χ3n) is 5.68. The lowest BCUT2D eigenvalue weighted by molar-refractivity contribution is 0.595. The smallest absolute Gasteiger partial charge is 0.138 e. The van der Waals surface area contributed by atoms with Crippen molar-refractivity contribution >= 4 is 16.7 Å². The number of halogens is 2. The minimum absolute atomic E-state index is 0.0381. The molecule has 5 rings (SSSR count). The molecule has 8 heteroatoms. The topological polar surface area (TPSA) is 121 Å². The highest BCUT2D eigenvalue weighted by Gasteiger charge is 2.41. The Morgan fingerprint density at radius 1 is 0.618 bits per heavy atom. The molecule has 0 saturated carbocycles. The fourth-order valence-electron chi connectivity index (χ4n) is 4.45. The van der Waals surface area contributed by atoms with E-state index >= 15 is 8.78 Å². The molecular formula is C26H8F2N6. The van der Waals surface area contributed by atoms with Crippen LogP contribution >= 0.6 is 0 Å². The zero-order chi connectivity index (χ0) is 24.0. The van der Waals surface area contributed by atoms with Crippen molar-refractivity contribution in [2.24, 2.45) is 0 Å². The van der Waals surface area contributed by atoms with E-state index in [1.165, 1.54) is 0 Å². The van der Waals surface area contributed by atoms with Crippen LogP contribution in [0.25, 0.3) is 28.1 Å². The van der Waals surface area contributed by atoms with Gasteiger partial charge in [-0.3, -0.25) is 9.97 Å². The van der Waals surface area contributed by atoms with Gasteiger partial charge in [0, 0.05) is 56.9 Å². The number of hydrogen-bond acceptors (Lipinski definition) is 6. The molecule has 0 spiro atoms. The Morgan fingerprint density at radius 2 is 1.03 bits per heavy atom. The van der Waals surface area contributed by atoms with Crippen molar-refractivity contribution in [2.75, 3.05) is 0 Å². The van der Waals surface area contributed by atoms with Crippen molar-refractivity contribution in [3.8, 4) is 35.7 Å². The number of hydrogen-bond donors (Lipinski definition) is 0. The van der Waals surface area contributed by atoms with E-state index < -0.39 is 22.8 Å². The first kappa shape index (κ1) is 20.5. The average molecular weight is 442 g/mol. The third-order valence-corrected chi connectivity index (χ3v) is 5.68. The van der Waals surface area contributed by atoms with Gasteiger partial charge in [-0.2, -0.15) is 21.0 Å². The summed E-state index contributed by atoms with van der Waals surface area (Å²) in [4.78, 5) is 8.78. The van der Waals surface area contributed by atoms with Crippen LogP contribution < -0.4 is 0 Å². The number of nitrogens with zero attached hydrogens (tertiary/aromatic N) is 6. The van der Waals surface area contributed by atoms with Crippen molar-refractivity contribution in [3.63, 3.8) is 0 Å². The van der Waals surface area contributed by atoms with Crippen LogP contribution in [0, 0.1) is 57.0 Å². The molecule has 2 aromatic heterocycles. The summed E-state index contributed by atoms with van der Waals surface area (Å²) in [6, 6.07) is 15.5. The molecule has 0 radical (unpaired) electrons. The van der Waals surface area contributed by atoms with E-state index in [9.17, 15) is 21.0 Å². The summed E-state index contributed by atoms with van der Waals surface area (Å²) in [6.07, 6.45) is 3.13. The molecule has 0 unspecified atom stereocenters. The summed E-state index contributed by atoms with van der Waals surface area (Å²) in [6.45, 7) is 0. The van der Waals surface area contributed by atoms with Crippen molar-refractivity contribution in [1.82, 2.24) is 9.97 Å². The lowest BCUT2D eigenvalue weighted by Crippen LogP contribution is -1.96. The van der Waals surface area contributed by atoms with Gasteiger partial charge in [0.15, 0.2) is 0 Å². The van der Waals surface area contributed by atoms with E-state index in [0.29, 0.717) is 28.1 Å². The summed E-state index contributed by atoms with van der Waals surface area (Å²) in [5.41, 5.74) is 0.413. The number of allylic oxidation sites excluding steroid dienone is 5. The molecule has 2 aliphatic carbocycles. The van der Waals surface area contributed by atoms with Crippen LogP contribution in [0.4, 0.5) is 8.78 Å². The molecule has 2 heterocycles. The number of benzene rings is 1. The second kappa shape index (κ2) is 7.61. The number of nitriles is 4. The summed E-state index contributed by atoms with van der Waals surface area (Å²) in [5, 5.41) is 38.9. The zero-order valence-corrected chi connectivity index (χ0v) is 17.1. The fraction of sp³-hybridized carbons (Fsp3) is 0. The Bertz CT molecular complexity index is 1560. The Morgan fingerprint density at radius 3 is 1.41 bits per heavy atom. The molecule has 0 aliphatic heterocycles. The van der Waals surface area contributed by atoms with E-state index in [1.54, 1.807) is 60.9 Å². The summed E-state index contributed by atoms with van der Waals surface area (Å²) in [5.74, 6) is -1.79. The normalized spacial score (nSPS) is 12.6. The highest BCUT2D eigenvalue weighted by molar-refractivity contribution is 6.21. The first-order chi connectivity index (χ1) is 16.6. The molecule has 0 bridgehead atoms. The van der Waals surface area contributed by atoms with E-state index in [0.717, 1.165) is 12.1 Å². The van der Waals surface area contributed by atoms with Gasteiger partial charge in [-0.1, -0.05) is 12.1 Å². The van der Waals surface area contributed by atoms with Gasteiger partial charge in [-0.25, -0.2) is 8.78 Å². The van der Waals surface area contributed by atoms with Crippen LogP contribution in [0.1, 0.15) is 22.3 Å². The molecule has 34 heavy (non-hydrogen) atoms. The lowest BCUT2D eigenvalue weighted by Gasteiger charge is -2.12. The summed E-state index contributed by atoms with van der Waals surface area (Å²) in [7, 11) is 0. The van der Waals surface area contributed by atoms with Gasteiger partial charge in [-0.05, 0) is 24.3 Å². The van der Waals surface area contributed by atoms with Gasteiger partial charge >= 0.3 is 0 Å². The molecule has 156 valence electrons. The van der Waals surface area contributed by atoms with Crippen LogP contribution in [0.3, 0.4) is 0 Å². The Kier molecular flexibility index (Phi) is 4.58. The second-order valence-corrected chi connectivity index (χ2v) is 7.28. The van der Waals surface area contributed by atoms with E-state index in [1.807, 2.05) is 0 Å². The molecule has 0 N–H and O–H groups in total. The van der Waals surface area contributed by atoms with E-state index in [4.69, 9.17) is 0 Å². The molecule has 0 fully saturated rings. The van der Waals surface area contributed by atoms with Crippen LogP contribution in [-0.4, -0.2) is 9.97 Å². The molecular weight excluding hydrogens is 434 g/mol. The van der Waals surface area contributed by atoms with Crippen LogP contribution in [0.5, 0.6) is 0 Å². The first-order valence-corrected chi connectivity index (χ1v) is 9.81. The van der Waals surface area contributed by atoms with Crippen molar-refractivity contribution in [1.29, 1.82) is 21.0 Å². The number of pyridine rings is 2. The highest BCUT2D eigenvalue weighted by Crippen LogP contribution is 2.56. The maximum Gasteiger partial charge on any atom is 0.138 e. The van der Waals surface area contributed by atoms with Gasteiger partial charge in [0.05, 0.1) is 11.4 Å². The van der Waals surface area contributed by atoms with E-state index in [2.05, 4.69) is 9.97 Å². The second-order valence-electron chi connectivity index (χ2n) is 7.28. The summed E-state index contributed by atoms with van der Waals surface area (Å²) < 4.78 is 30.4. The predicted molar refractivity (Wildman–Crippen MR) is 116 cm³/mol. The van der Waals surface area contributed by atoms with E-state index in [-0.39, 0.29) is 27.8 Å². The zero-order valence-electron chi connectivity index (χ0n) is 17.1. The van der Waals surface area contributed by atoms with Crippen LogP contribution in [-0.2, 0) is 0 Å². The molecule has 0 saturated heterocycles. The molecule has 2 aliphatic rings. The van der Waals surface area contributed by atoms with Gasteiger partial charge < -0.3 is 0 Å². The van der Waals surface area contributed by atoms with Gasteiger partial charge in [0.2, 0.25) is 0 Å². The Balaban J connectivity index is 2.13. The van der Waals surface area contributed by atoms with Gasteiger partial charge in [0.25, 0.3) is 0 Å². The van der Waals surface area contributed by atoms with Crippen molar-refractivity contribution in [2.45, 2.75) is 0 Å². The molecule has 3 aromatic rings. The maximum absolute atomic E-state index is 15.2. The number of rotatable bonds is 0. The molecule has 0 atom stereocenters. The monoisotopic (exact) mass is 442 g/mol. The first-order valence-electron chi connectivity index (χ1n) is 9.81. The minimum atomic E-state index is -0.895. The molecule has 6 nitrogen and oxygen atoms in total. The minimum Gasteiger partial charge on any atom is -0.254 e. The quantitative estimate of drug-likeness (QED) is 0.359. The van der Waals surface area contributed by atoms with Crippen molar-refractivity contribution < 1.29 is 8.78 Å². The largest absolute Gasteiger partial charge is 0.254 e. The standard InChI is InChI=1S/C26H8F2N6/c27-17-5-6-18(28)23-20(14(11-31)12-32)24(19(22(17)23)13(9-29)10-30)21-15-3-1-7-33-25(15)26-16(21)4-2-8-34-26/h1-8H. The fourth-order valence-corrected chi connectivity index (χ4v) is 4.45. The summed E-state index contributed by atoms with van der Waals surface area (Å²) >= 11 is 0. The average Bonchev–Trinajstić information content (AvgIpc) is 3.38. The molecule has 0 amide bonds. The predicted octanol–water partition coefficient (Wildman–Crippen LogP) is 4.85.